The molecule has 1 saturated carbocycles. The second-order valence-corrected chi connectivity index (χ2v) is 12.9. The smallest absolute Gasteiger partial charge is 0.329 e. The van der Waals surface area contributed by atoms with Gasteiger partial charge in [0.1, 0.15) is 29.1 Å². The fourth-order valence-electron chi connectivity index (χ4n) is 5.17. The third-order valence-electron chi connectivity index (χ3n) is 7.42. The van der Waals surface area contributed by atoms with Crippen LogP contribution in [0.4, 0.5) is 10.1 Å². The third-order valence-corrected chi connectivity index (χ3v) is 8.92. The lowest BCUT2D eigenvalue weighted by molar-refractivity contribution is 0.189. The van der Waals surface area contributed by atoms with Crippen LogP contribution in [-0.4, -0.2) is 67.7 Å². The lowest BCUT2D eigenvalue weighted by Crippen LogP contribution is -2.40. The van der Waals surface area contributed by atoms with Gasteiger partial charge in [0.05, 0.1) is 57.2 Å². The van der Waals surface area contributed by atoms with E-state index in [1.54, 1.807) is 28.4 Å². The topological polar surface area (TPSA) is 110 Å². The Labute approximate surface area is 234 Å². The molecule has 10 nitrogen and oxygen atoms in total. The van der Waals surface area contributed by atoms with Crippen LogP contribution in [0.5, 0.6) is 11.6 Å². The van der Waals surface area contributed by atoms with Crippen LogP contribution < -0.4 is 19.9 Å². The van der Waals surface area contributed by atoms with Crippen molar-refractivity contribution in [2.75, 3.05) is 38.6 Å². The van der Waals surface area contributed by atoms with Gasteiger partial charge in [-0.05, 0) is 40.4 Å². The van der Waals surface area contributed by atoms with E-state index in [1.807, 2.05) is 27.9 Å². The minimum Gasteiger partial charge on any atom is -0.593 e. The Kier molecular flexibility index (Phi) is 6.67. The Balaban J connectivity index is 1.51. The van der Waals surface area contributed by atoms with Crippen LogP contribution in [-0.2, 0) is 23.9 Å². The molecule has 0 radical (unpaired) electrons. The SMILES string of the molecule is CN(C)CCCOc1ncc(-c2c(F)cc3ncc4c5c3c2OCC(C)(C)n5c(=O)n4C)cc1N[S+]([O-])C1CC1. The number of ether oxygens (including phenoxy) is 2. The highest BCUT2D eigenvalue weighted by Gasteiger charge is 2.37. The van der Waals surface area contributed by atoms with Crippen molar-refractivity contribution in [3.63, 3.8) is 0 Å². The van der Waals surface area contributed by atoms with Crippen LogP contribution in [0.25, 0.3) is 33.1 Å². The Morgan fingerprint density at radius 3 is 2.77 bits per heavy atom. The normalized spacial score (nSPS) is 16.9. The lowest BCUT2D eigenvalue weighted by Gasteiger charge is -2.24. The average molecular weight is 569 g/mol. The number of nitrogens with zero attached hydrogens (tertiary/aromatic N) is 5. The monoisotopic (exact) mass is 568 g/mol. The fraction of sp³-hybridized carbons (Fsp3) is 0.464. The molecule has 4 aromatic rings. The van der Waals surface area contributed by atoms with Gasteiger partial charge in [-0.15, -0.1) is 0 Å². The molecule has 1 aliphatic heterocycles. The predicted octanol–water partition coefficient (Wildman–Crippen LogP) is 3.79. The van der Waals surface area contributed by atoms with Crippen molar-refractivity contribution in [1.82, 2.24) is 24.0 Å². The molecule has 4 heterocycles. The summed E-state index contributed by atoms with van der Waals surface area (Å²) < 4.78 is 47.3. The lowest BCUT2D eigenvalue weighted by atomic mass is 10.0. The number of halogens is 1. The Morgan fingerprint density at radius 1 is 1.27 bits per heavy atom. The van der Waals surface area contributed by atoms with Crippen molar-refractivity contribution in [1.29, 1.82) is 0 Å². The van der Waals surface area contributed by atoms with Gasteiger partial charge in [0.25, 0.3) is 0 Å². The summed E-state index contributed by atoms with van der Waals surface area (Å²) in [4.78, 5) is 24.3. The minimum atomic E-state index is -1.31. The van der Waals surface area contributed by atoms with Gasteiger partial charge < -0.3 is 18.9 Å². The van der Waals surface area contributed by atoms with E-state index >= 15 is 4.39 Å². The van der Waals surface area contributed by atoms with E-state index in [0.29, 0.717) is 51.4 Å². The molecule has 0 bridgehead atoms. The molecule has 1 atom stereocenters. The first-order valence-electron chi connectivity index (χ1n) is 13.4. The van der Waals surface area contributed by atoms with Gasteiger partial charge in [-0.1, -0.05) is 0 Å². The van der Waals surface area contributed by atoms with Crippen LogP contribution in [0, 0.1) is 5.82 Å². The maximum Gasteiger partial charge on any atom is 0.329 e. The highest BCUT2D eigenvalue weighted by molar-refractivity contribution is 7.93. The molecule has 12 heteroatoms. The average Bonchev–Trinajstić information content (AvgIpc) is 3.72. The highest BCUT2D eigenvalue weighted by atomic mass is 32.2. The number of anilines is 1. The number of aromatic nitrogens is 4. The first kappa shape index (κ1) is 26.9. The van der Waals surface area contributed by atoms with Crippen molar-refractivity contribution >= 4 is 39.0 Å². The number of nitrogens with one attached hydrogen (secondary N) is 1. The van der Waals surface area contributed by atoms with Crippen molar-refractivity contribution in [2.45, 2.75) is 43.9 Å². The Bertz CT molecular complexity index is 1680. The number of pyridine rings is 2. The molecule has 1 N–H and O–H groups in total. The summed E-state index contributed by atoms with van der Waals surface area (Å²) in [5, 5.41) is 0.643. The van der Waals surface area contributed by atoms with Crippen LogP contribution in [0.3, 0.4) is 0 Å². The second kappa shape index (κ2) is 9.93. The molecule has 3 aromatic heterocycles. The summed E-state index contributed by atoms with van der Waals surface area (Å²) in [6.45, 7) is 5.26. The van der Waals surface area contributed by atoms with Crippen molar-refractivity contribution in [3.05, 3.63) is 40.8 Å². The zero-order valence-corrected chi connectivity index (χ0v) is 24.1. The quantitative estimate of drug-likeness (QED) is 0.240. The molecule has 6 rings (SSSR count). The molecule has 1 fully saturated rings. The van der Waals surface area contributed by atoms with Gasteiger partial charge >= 0.3 is 5.69 Å². The van der Waals surface area contributed by atoms with E-state index in [0.717, 1.165) is 25.8 Å². The molecule has 1 aromatic carbocycles. The molecule has 212 valence electrons. The maximum absolute atomic E-state index is 15.9. The maximum atomic E-state index is 15.9. The van der Waals surface area contributed by atoms with Gasteiger partial charge in [-0.3, -0.25) is 14.1 Å². The second-order valence-electron chi connectivity index (χ2n) is 11.4. The van der Waals surface area contributed by atoms with Gasteiger partial charge in [0, 0.05) is 44.3 Å². The van der Waals surface area contributed by atoms with Gasteiger partial charge in [-0.25, -0.2) is 18.9 Å². The standard InChI is InChI=1S/C28H33FN6O4S/c1-28(2)15-39-25-22(18(29)12-19-23(25)24-21(14-30-19)34(5)27(36)35(24)28)16-11-20(32-40(37)17-7-8-17)26(31-13-16)38-10-6-9-33(3)4/h11-14,17,32H,6-10,15H2,1-5H3. The molecule has 1 aliphatic carbocycles. The number of rotatable bonds is 9. The van der Waals surface area contributed by atoms with Gasteiger partial charge in [0.15, 0.2) is 0 Å². The molecule has 0 spiro atoms. The Morgan fingerprint density at radius 2 is 2.05 bits per heavy atom. The summed E-state index contributed by atoms with van der Waals surface area (Å²) in [6.07, 6.45) is 5.70. The van der Waals surface area contributed by atoms with E-state index in [2.05, 4.69) is 19.6 Å². The largest absolute Gasteiger partial charge is 0.593 e. The first-order valence-corrected chi connectivity index (χ1v) is 14.6. The summed E-state index contributed by atoms with van der Waals surface area (Å²) in [6, 6.07) is 3.07. The molecular formula is C28H33FN6O4S. The van der Waals surface area contributed by atoms with Crippen LogP contribution in [0.15, 0.2) is 29.3 Å². The van der Waals surface area contributed by atoms with E-state index in [-0.39, 0.29) is 23.1 Å². The summed E-state index contributed by atoms with van der Waals surface area (Å²) in [5.41, 5.74) is 1.86. The number of benzene rings is 1. The van der Waals surface area contributed by atoms with E-state index in [9.17, 15) is 9.35 Å². The van der Waals surface area contributed by atoms with Crippen LogP contribution >= 0.6 is 0 Å². The zero-order valence-electron chi connectivity index (χ0n) is 23.3. The molecule has 1 unspecified atom stereocenters. The van der Waals surface area contributed by atoms with Crippen molar-refractivity contribution < 1.29 is 18.4 Å². The van der Waals surface area contributed by atoms with E-state index in [4.69, 9.17) is 9.47 Å². The molecule has 2 aliphatic rings. The first-order chi connectivity index (χ1) is 19.1. The zero-order chi connectivity index (χ0) is 28.3. The van der Waals surface area contributed by atoms with E-state index in [1.165, 1.54) is 12.3 Å². The minimum absolute atomic E-state index is 0.0760. The number of hydrogen-bond donors (Lipinski definition) is 1. The van der Waals surface area contributed by atoms with Crippen molar-refractivity contribution in [2.24, 2.45) is 7.05 Å². The number of aryl methyl sites for hydroxylation is 1. The van der Waals surface area contributed by atoms with Crippen LogP contribution in [0.1, 0.15) is 33.1 Å². The molecule has 0 amide bonds. The Hall–Kier alpha value is -3.35. The highest BCUT2D eigenvalue weighted by Crippen LogP contribution is 2.45. The number of imidazole rings is 1. The molecular weight excluding hydrogens is 535 g/mol. The molecule has 0 saturated heterocycles. The summed E-state index contributed by atoms with van der Waals surface area (Å²) in [7, 11) is 5.69. The summed E-state index contributed by atoms with van der Waals surface area (Å²) >= 11 is -1.31. The van der Waals surface area contributed by atoms with E-state index < -0.39 is 22.7 Å². The van der Waals surface area contributed by atoms with Gasteiger partial charge in [-0.2, -0.15) is 0 Å². The third kappa shape index (κ3) is 4.57. The summed E-state index contributed by atoms with van der Waals surface area (Å²) in [5.74, 6) is 0.0786. The van der Waals surface area contributed by atoms with Crippen LogP contribution in [0.2, 0.25) is 0 Å². The predicted molar refractivity (Wildman–Crippen MR) is 154 cm³/mol. The van der Waals surface area contributed by atoms with Gasteiger partial charge in [0.2, 0.25) is 5.88 Å². The number of hydrogen-bond acceptors (Lipinski definition) is 8. The van der Waals surface area contributed by atoms with Crippen molar-refractivity contribution in [3.8, 4) is 22.8 Å². The fourth-order valence-corrected chi connectivity index (χ4v) is 6.27. The molecule has 40 heavy (non-hydrogen) atoms.